The number of aryl methyl sites for hydroxylation is 1. The van der Waals surface area contributed by atoms with Crippen molar-refractivity contribution in [1.29, 1.82) is 0 Å². The fourth-order valence-electron chi connectivity index (χ4n) is 1.74. The Labute approximate surface area is 97.3 Å². The fourth-order valence-corrected chi connectivity index (χ4v) is 1.74. The molecule has 1 aromatic heterocycles. The number of methoxy groups -OCH3 is 1. The minimum absolute atomic E-state index is 0.134. The Hall–Kier alpha value is -0.870. The second-order valence-electron chi connectivity index (χ2n) is 4.50. The molecule has 1 unspecified atom stereocenters. The lowest BCUT2D eigenvalue weighted by atomic mass is 9.87. The maximum Gasteiger partial charge on any atom is 0.111 e. The summed E-state index contributed by atoms with van der Waals surface area (Å²) >= 11 is 0. The summed E-state index contributed by atoms with van der Waals surface area (Å²) in [6.45, 7) is 7.27. The largest absolute Gasteiger partial charge is 0.387 e. The Kier molecular flexibility index (Phi) is 4.50. The van der Waals surface area contributed by atoms with Gasteiger partial charge in [-0.25, -0.2) is 4.98 Å². The second kappa shape index (κ2) is 5.46. The molecular weight excluding hydrogens is 204 g/mol. The molecule has 0 radical (unpaired) electrons. The van der Waals surface area contributed by atoms with Crippen LogP contribution in [0.4, 0.5) is 0 Å². The zero-order valence-corrected chi connectivity index (χ0v) is 10.6. The first kappa shape index (κ1) is 13.2. The normalized spacial score (nSPS) is 15.4. The smallest absolute Gasteiger partial charge is 0.111 e. The van der Waals surface area contributed by atoms with Gasteiger partial charge in [-0.2, -0.15) is 0 Å². The zero-order valence-electron chi connectivity index (χ0n) is 10.6. The molecule has 0 fully saturated rings. The van der Waals surface area contributed by atoms with E-state index in [2.05, 4.69) is 11.9 Å². The van der Waals surface area contributed by atoms with Gasteiger partial charge in [0.25, 0.3) is 0 Å². The number of aromatic nitrogens is 2. The van der Waals surface area contributed by atoms with Crippen LogP contribution < -0.4 is 0 Å². The standard InChI is InChI=1S/C12H22N2O2/c1-5-14-7-6-13-11(14)8-12(15,9-16-4)10(2)3/h6-7,10,15H,5,8-9H2,1-4H3. The van der Waals surface area contributed by atoms with Crippen molar-refractivity contribution in [2.75, 3.05) is 13.7 Å². The number of hydrogen-bond acceptors (Lipinski definition) is 3. The Morgan fingerprint density at radius 1 is 1.56 bits per heavy atom. The first-order chi connectivity index (χ1) is 7.53. The van der Waals surface area contributed by atoms with Crippen LogP contribution in [0.25, 0.3) is 0 Å². The van der Waals surface area contributed by atoms with Gasteiger partial charge in [0.15, 0.2) is 0 Å². The Bertz CT molecular complexity index is 323. The molecule has 92 valence electrons. The van der Waals surface area contributed by atoms with E-state index in [9.17, 15) is 5.11 Å². The topological polar surface area (TPSA) is 47.3 Å². The fraction of sp³-hybridized carbons (Fsp3) is 0.750. The Balaban J connectivity index is 2.83. The number of ether oxygens (including phenoxy) is 1. The highest BCUT2D eigenvalue weighted by Gasteiger charge is 2.32. The molecule has 1 heterocycles. The van der Waals surface area contributed by atoms with Crippen molar-refractivity contribution in [3.8, 4) is 0 Å². The molecule has 16 heavy (non-hydrogen) atoms. The number of nitrogens with zero attached hydrogens (tertiary/aromatic N) is 2. The van der Waals surface area contributed by atoms with Gasteiger partial charge in [0.2, 0.25) is 0 Å². The van der Waals surface area contributed by atoms with E-state index in [1.165, 1.54) is 0 Å². The average Bonchev–Trinajstić information content (AvgIpc) is 2.65. The summed E-state index contributed by atoms with van der Waals surface area (Å²) in [5, 5.41) is 10.5. The highest BCUT2D eigenvalue weighted by atomic mass is 16.5. The van der Waals surface area contributed by atoms with Gasteiger partial charge in [0, 0.05) is 32.5 Å². The molecule has 4 nitrogen and oxygen atoms in total. The quantitative estimate of drug-likeness (QED) is 0.799. The Morgan fingerprint density at radius 3 is 2.75 bits per heavy atom. The van der Waals surface area contributed by atoms with Gasteiger partial charge in [-0.3, -0.25) is 0 Å². The van der Waals surface area contributed by atoms with Gasteiger partial charge in [0.05, 0.1) is 12.2 Å². The highest BCUT2D eigenvalue weighted by molar-refractivity contribution is 5.00. The first-order valence-corrected chi connectivity index (χ1v) is 5.74. The lowest BCUT2D eigenvalue weighted by Gasteiger charge is -2.31. The molecule has 0 aliphatic heterocycles. The molecule has 0 saturated carbocycles. The van der Waals surface area contributed by atoms with Crippen LogP contribution in [0.5, 0.6) is 0 Å². The Morgan fingerprint density at radius 2 is 2.25 bits per heavy atom. The van der Waals surface area contributed by atoms with Crippen molar-refractivity contribution in [3.63, 3.8) is 0 Å². The molecule has 0 spiro atoms. The lowest BCUT2D eigenvalue weighted by molar-refractivity contribution is -0.0653. The van der Waals surface area contributed by atoms with E-state index in [0.29, 0.717) is 13.0 Å². The summed E-state index contributed by atoms with van der Waals surface area (Å²) in [4.78, 5) is 4.28. The zero-order chi connectivity index (χ0) is 12.2. The van der Waals surface area contributed by atoms with Crippen LogP contribution >= 0.6 is 0 Å². The van der Waals surface area contributed by atoms with Crippen molar-refractivity contribution in [1.82, 2.24) is 9.55 Å². The molecule has 1 atom stereocenters. The summed E-state index contributed by atoms with van der Waals surface area (Å²) in [6.07, 6.45) is 4.23. The number of rotatable bonds is 6. The van der Waals surface area contributed by atoms with E-state index < -0.39 is 5.60 Å². The average molecular weight is 226 g/mol. The van der Waals surface area contributed by atoms with Crippen LogP contribution in [0, 0.1) is 5.92 Å². The molecule has 0 bridgehead atoms. The van der Waals surface area contributed by atoms with Gasteiger partial charge in [-0.15, -0.1) is 0 Å². The lowest BCUT2D eigenvalue weighted by Crippen LogP contribution is -2.42. The molecule has 0 aromatic carbocycles. The predicted molar refractivity (Wildman–Crippen MR) is 63.3 cm³/mol. The molecule has 0 aliphatic rings. The van der Waals surface area contributed by atoms with E-state index in [1.54, 1.807) is 13.3 Å². The molecule has 4 heteroatoms. The molecule has 1 aromatic rings. The van der Waals surface area contributed by atoms with Crippen LogP contribution in [-0.4, -0.2) is 34.0 Å². The van der Waals surface area contributed by atoms with Crippen molar-refractivity contribution in [2.24, 2.45) is 5.92 Å². The predicted octanol–water partition coefficient (Wildman–Crippen LogP) is 1.48. The molecule has 0 amide bonds. The van der Waals surface area contributed by atoms with Gasteiger partial charge < -0.3 is 14.4 Å². The molecular formula is C12H22N2O2. The summed E-state index contributed by atoms with van der Waals surface area (Å²) < 4.78 is 7.15. The van der Waals surface area contributed by atoms with Crippen molar-refractivity contribution in [3.05, 3.63) is 18.2 Å². The minimum Gasteiger partial charge on any atom is -0.387 e. The molecule has 0 saturated heterocycles. The summed E-state index contributed by atoms with van der Waals surface area (Å²) in [6, 6.07) is 0. The number of imidazole rings is 1. The SMILES string of the molecule is CCn1ccnc1CC(O)(COC)C(C)C. The summed E-state index contributed by atoms with van der Waals surface area (Å²) in [5.41, 5.74) is -0.840. The number of hydrogen-bond donors (Lipinski definition) is 1. The van der Waals surface area contributed by atoms with Crippen LogP contribution in [-0.2, 0) is 17.7 Å². The first-order valence-electron chi connectivity index (χ1n) is 5.74. The van der Waals surface area contributed by atoms with Gasteiger partial charge in [-0.1, -0.05) is 13.8 Å². The van der Waals surface area contributed by atoms with E-state index in [1.807, 2.05) is 24.6 Å². The number of aliphatic hydroxyl groups is 1. The van der Waals surface area contributed by atoms with Crippen LogP contribution in [0.1, 0.15) is 26.6 Å². The van der Waals surface area contributed by atoms with Gasteiger partial charge in [-0.05, 0) is 12.8 Å². The van der Waals surface area contributed by atoms with Crippen LogP contribution in [0.2, 0.25) is 0 Å². The monoisotopic (exact) mass is 226 g/mol. The maximum absolute atomic E-state index is 10.5. The van der Waals surface area contributed by atoms with E-state index in [0.717, 1.165) is 12.4 Å². The molecule has 0 aliphatic carbocycles. The van der Waals surface area contributed by atoms with Gasteiger partial charge >= 0.3 is 0 Å². The van der Waals surface area contributed by atoms with Crippen molar-refractivity contribution < 1.29 is 9.84 Å². The highest BCUT2D eigenvalue weighted by Crippen LogP contribution is 2.22. The van der Waals surface area contributed by atoms with Crippen molar-refractivity contribution >= 4 is 0 Å². The molecule has 1 rings (SSSR count). The van der Waals surface area contributed by atoms with E-state index in [-0.39, 0.29) is 5.92 Å². The third kappa shape index (κ3) is 2.83. The van der Waals surface area contributed by atoms with Gasteiger partial charge in [0.1, 0.15) is 5.82 Å². The van der Waals surface area contributed by atoms with E-state index >= 15 is 0 Å². The van der Waals surface area contributed by atoms with Crippen LogP contribution in [0.3, 0.4) is 0 Å². The van der Waals surface area contributed by atoms with Crippen molar-refractivity contribution in [2.45, 2.75) is 39.3 Å². The second-order valence-corrected chi connectivity index (χ2v) is 4.50. The third-order valence-electron chi connectivity index (χ3n) is 3.08. The maximum atomic E-state index is 10.5. The summed E-state index contributed by atoms with van der Waals surface area (Å²) in [7, 11) is 1.61. The third-order valence-corrected chi connectivity index (χ3v) is 3.08. The molecule has 1 N–H and O–H groups in total. The minimum atomic E-state index is -0.840. The summed E-state index contributed by atoms with van der Waals surface area (Å²) in [5.74, 6) is 1.05. The van der Waals surface area contributed by atoms with Crippen LogP contribution in [0.15, 0.2) is 12.4 Å². The van der Waals surface area contributed by atoms with E-state index in [4.69, 9.17) is 4.74 Å².